The van der Waals surface area contributed by atoms with Crippen LogP contribution in [0.15, 0.2) is 91.0 Å². The first-order chi connectivity index (χ1) is 19.6. The van der Waals surface area contributed by atoms with Crippen LogP contribution >= 0.6 is 7.92 Å². The summed E-state index contributed by atoms with van der Waals surface area (Å²) in [5.74, 6) is -0.678. The lowest BCUT2D eigenvalue weighted by atomic mass is 10.0. The van der Waals surface area contributed by atoms with Crippen LogP contribution in [0, 0.1) is 0 Å². The number of carbonyl (C=O) groups is 1. The van der Waals surface area contributed by atoms with E-state index in [9.17, 15) is 9.90 Å². The second kappa shape index (κ2) is 22.2. The van der Waals surface area contributed by atoms with Gasteiger partial charge in [0.15, 0.2) is 0 Å². The molecule has 0 heterocycles. The third kappa shape index (κ3) is 15.3. The number of carboxylic acid groups (broad SMARTS) is 1. The van der Waals surface area contributed by atoms with Crippen molar-refractivity contribution in [2.75, 3.05) is 0 Å². The molecule has 0 radical (unpaired) electrons. The summed E-state index contributed by atoms with van der Waals surface area (Å²) in [4.78, 5) is 10.3. The Morgan fingerprint density at radius 1 is 0.575 bits per heavy atom. The van der Waals surface area contributed by atoms with Crippen molar-refractivity contribution in [2.24, 2.45) is 0 Å². The van der Waals surface area contributed by atoms with Crippen LogP contribution in [0.25, 0.3) is 0 Å². The van der Waals surface area contributed by atoms with Gasteiger partial charge in [0.05, 0.1) is 6.10 Å². The Labute approximate surface area is 244 Å². The molecule has 0 spiro atoms. The number of carboxylic acids is 1. The van der Waals surface area contributed by atoms with E-state index >= 15 is 0 Å². The molecule has 0 fully saturated rings. The maximum absolute atomic E-state index is 10.3. The van der Waals surface area contributed by atoms with Crippen LogP contribution in [0.5, 0.6) is 0 Å². The Kier molecular flexibility index (Phi) is 18.7. The molecule has 3 rings (SSSR count). The largest absolute Gasteiger partial charge is 0.481 e. The van der Waals surface area contributed by atoms with Crippen molar-refractivity contribution in [2.45, 2.75) is 109 Å². The number of rotatable bonds is 19. The van der Waals surface area contributed by atoms with Crippen LogP contribution < -0.4 is 15.9 Å². The summed E-state index contributed by atoms with van der Waals surface area (Å²) < 4.78 is 0. The summed E-state index contributed by atoms with van der Waals surface area (Å²) in [5.41, 5.74) is 0. The topological polar surface area (TPSA) is 57.5 Å². The molecule has 1 atom stereocenters. The van der Waals surface area contributed by atoms with Crippen LogP contribution in [0.3, 0.4) is 0 Å². The Morgan fingerprint density at radius 3 is 1.30 bits per heavy atom. The Hall–Kier alpha value is -2.48. The number of hydrogen-bond acceptors (Lipinski definition) is 2. The maximum Gasteiger partial charge on any atom is 0.303 e. The van der Waals surface area contributed by atoms with E-state index in [1.165, 1.54) is 67.3 Å². The molecule has 2 N–H and O–H groups in total. The van der Waals surface area contributed by atoms with Gasteiger partial charge in [-0.2, -0.15) is 0 Å². The molecule has 0 amide bonds. The van der Waals surface area contributed by atoms with Gasteiger partial charge >= 0.3 is 5.97 Å². The van der Waals surface area contributed by atoms with Gasteiger partial charge in [0, 0.05) is 6.42 Å². The minimum absolute atomic E-state index is 0.0853. The van der Waals surface area contributed by atoms with E-state index in [2.05, 4.69) is 97.9 Å². The Bertz CT molecular complexity index is 900. The van der Waals surface area contributed by atoms with Crippen molar-refractivity contribution in [3.05, 3.63) is 91.0 Å². The van der Waals surface area contributed by atoms with Gasteiger partial charge < -0.3 is 10.2 Å². The monoisotopic (exact) mass is 562 g/mol. The van der Waals surface area contributed by atoms with Crippen molar-refractivity contribution >= 4 is 29.8 Å². The number of benzene rings is 3. The second-order valence-electron chi connectivity index (χ2n) is 10.6. The van der Waals surface area contributed by atoms with E-state index in [0.717, 1.165) is 38.5 Å². The molecular weight excluding hydrogens is 511 g/mol. The van der Waals surface area contributed by atoms with Crippen molar-refractivity contribution in [1.29, 1.82) is 0 Å². The molecule has 0 saturated carbocycles. The smallest absolute Gasteiger partial charge is 0.303 e. The maximum atomic E-state index is 10.3. The van der Waals surface area contributed by atoms with Crippen LogP contribution in [0.1, 0.15) is 103 Å². The lowest BCUT2D eigenvalue weighted by Gasteiger charge is -2.18. The first-order valence-electron chi connectivity index (χ1n) is 15.5. The van der Waals surface area contributed by atoms with Crippen molar-refractivity contribution < 1.29 is 15.0 Å². The van der Waals surface area contributed by atoms with E-state index in [-0.39, 0.29) is 6.10 Å². The van der Waals surface area contributed by atoms with E-state index < -0.39 is 13.9 Å². The highest BCUT2D eigenvalue weighted by molar-refractivity contribution is 7.79. The van der Waals surface area contributed by atoms with Crippen LogP contribution in [-0.4, -0.2) is 22.3 Å². The molecule has 3 aromatic rings. The zero-order valence-electron chi connectivity index (χ0n) is 24.6. The molecule has 218 valence electrons. The predicted octanol–water partition coefficient (Wildman–Crippen LogP) is 8.75. The second-order valence-corrected chi connectivity index (χ2v) is 12.8. The highest BCUT2D eigenvalue weighted by Crippen LogP contribution is 2.32. The van der Waals surface area contributed by atoms with E-state index in [0.29, 0.717) is 6.42 Å². The molecular formula is C36H51O3P. The summed E-state index contributed by atoms with van der Waals surface area (Å²) in [6, 6.07) is 32.3. The van der Waals surface area contributed by atoms with Gasteiger partial charge in [-0.3, -0.25) is 4.79 Å². The fourth-order valence-corrected chi connectivity index (χ4v) is 7.15. The van der Waals surface area contributed by atoms with Gasteiger partial charge in [0.1, 0.15) is 0 Å². The summed E-state index contributed by atoms with van der Waals surface area (Å²) in [6.45, 7) is 2.21. The van der Waals surface area contributed by atoms with Gasteiger partial charge in [0.25, 0.3) is 0 Å². The zero-order valence-corrected chi connectivity index (χ0v) is 25.5. The lowest BCUT2D eigenvalue weighted by Crippen LogP contribution is -2.20. The Morgan fingerprint density at radius 2 is 0.925 bits per heavy atom. The quantitative estimate of drug-likeness (QED) is 0.113. The molecule has 0 aliphatic carbocycles. The van der Waals surface area contributed by atoms with E-state index in [4.69, 9.17) is 5.11 Å². The number of aliphatic hydroxyl groups excluding tert-OH is 1. The standard InChI is InChI=1S/C18H36O3.C18H15P/c1-2-3-4-11-14-17(19)15-12-9-7-5-6-8-10-13-16-18(20)21;1-4-10-16(11-5-1)19(17-12-6-2-7-13-17)18-14-8-3-9-15-18/h17,19H,2-16H2,1H3,(H,20,21);1-15H. The SMILES string of the molecule is CCCCCCC(O)CCCCCCCCCCC(=O)O.c1ccc(P(c2ccccc2)c2ccccc2)cc1. The fourth-order valence-electron chi connectivity index (χ4n) is 4.85. The highest BCUT2D eigenvalue weighted by Gasteiger charge is 2.15. The number of aliphatic hydroxyl groups is 1. The van der Waals surface area contributed by atoms with Gasteiger partial charge in [0.2, 0.25) is 0 Å². The average Bonchev–Trinajstić information content (AvgIpc) is 2.98. The summed E-state index contributed by atoms with van der Waals surface area (Å²) in [5, 5.41) is 22.6. The third-order valence-corrected chi connectivity index (χ3v) is 9.56. The van der Waals surface area contributed by atoms with Gasteiger partial charge in [-0.25, -0.2) is 0 Å². The number of unbranched alkanes of at least 4 members (excludes halogenated alkanes) is 10. The molecule has 4 heteroatoms. The molecule has 0 aliphatic heterocycles. The summed E-state index contributed by atoms with van der Waals surface area (Å²) >= 11 is 0. The Balaban J connectivity index is 0.000000281. The molecule has 40 heavy (non-hydrogen) atoms. The van der Waals surface area contributed by atoms with E-state index in [1.54, 1.807) is 0 Å². The van der Waals surface area contributed by atoms with Crippen LogP contribution in [-0.2, 0) is 4.79 Å². The highest BCUT2D eigenvalue weighted by atomic mass is 31.1. The number of hydrogen-bond donors (Lipinski definition) is 2. The molecule has 1 unspecified atom stereocenters. The van der Waals surface area contributed by atoms with Crippen molar-refractivity contribution in [3.8, 4) is 0 Å². The normalized spacial score (nSPS) is 11.6. The minimum atomic E-state index is -0.678. The molecule has 3 nitrogen and oxygen atoms in total. The van der Waals surface area contributed by atoms with Crippen LogP contribution in [0.2, 0.25) is 0 Å². The van der Waals surface area contributed by atoms with Crippen molar-refractivity contribution in [1.82, 2.24) is 0 Å². The van der Waals surface area contributed by atoms with Gasteiger partial charge in [-0.15, -0.1) is 0 Å². The molecule has 0 bridgehead atoms. The zero-order chi connectivity index (χ0) is 28.7. The first-order valence-corrected chi connectivity index (χ1v) is 16.8. The van der Waals surface area contributed by atoms with Gasteiger partial charge in [-0.05, 0) is 43.1 Å². The molecule has 0 aromatic heterocycles. The first kappa shape index (κ1) is 33.7. The summed E-state index contributed by atoms with van der Waals surface area (Å²) in [6.07, 6.45) is 16.3. The van der Waals surface area contributed by atoms with E-state index in [1.807, 2.05) is 0 Å². The molecule has 3 aromatic carbocycles. The summed E-state index contributed by atoms with van der Waals surface area (Å²) in [7, 11) is -0.446. The lowest BCUT2D eigenvalue weighted by molar-refractivity contribution is -0.137. The molecule has 0 saturated heterocycles. The average molecular weight is 563 g/mol. The van der Waals surface area contributed by atoms with Crippen LogP contribution in [0.4, 0.5) is 0 Å². The molecule has 0 aliphatic rings. The van der Waals surface area contributed by atoms with Gasteiger partial charge in [-0.1, -0.05) is 169 Å². The van der Waals surface area contributed by atoms with Crippen molar-refractivity contribution in [3.63, 3.8) is 0 Å². The third-order valence-electron chi connectivity index (χ3n) is 7.11. The number of aliphatic carboxylic acids is 1. The fraction of sp³-hybridized carbons (Fsp3) is 0.472. The minimum Gasteiger partial charge on any atom is -0.481 e. The predicted molar refractivity (Wildman–Crippen MR) is 174 cm³/mol.